The van der Waals surface area contributed by atoms with Crippen LogP contribution >= 0.6 is 0 Å². The molecule has 3 aliphatic heterocycles. The van der Waals surface area contributed by atoms with Crippen molar-refractivity contribution in [3.63, 3.8) is 0 Å². The molecule has 1 aromatic rings. The number of nitrogens with zero attached hydrogens (tertiary/aromatic N) is 1. The van der Waals surface area contributed by atoms with Gasteiger partial charge in [-0.15, -0.1) is 0 Å². The quantitative estimate of drug-likeness (QED) is 0.591. The van der Waals surface area contributed by atoms with E-state index in [0.717, 1.165) is 31.6 Å². The Morgan fingerprint density at radius 1 is 1.20 bits per heavy atom. The molecular weight excluding hydrogens is 390 g/mol. The lowest BCUT2D eigenvalue weighted by molar-refractivity contribution is -0.0576. The molecule has 3 heterocycles. The SMILES string of the molecule is CNc1cc2c(c(C(=O)NC[C@@H]3CCN(CCC4OCCO4)C[C@H]3O)c1)OCCO2. The molecule has 166 valence electrons. The minimum atomic E-state index is -0.485. The normalized spacial score (nSPS) is 24.6. The van der Waals surface area contributed by atoms with E-state index in [2.05, 4.69) is 15.5 Å². The van der Waals surface area contributed by atoms with Gasteiger partial charge in [0.15, 0.2) is 17.8 Å². The van der Waals surface area contributed by atoms with Crippen LogP contribution in [0.3, 0.4) is 0 Å². The molecule has 0 radical (unpaired) electrons. The third-order valence-corrected chi connectivity index (χ3v) is 5.88. The molecule has 0 aromatic heterocycles. The lowest BCUT2D eigenvalue weighted by atomic mass is 9.93. The lowest BCUT2D eigenvalue weighted by Crippen LogP contribution is -2.48. The van der Waals surface area contributed by atoms with Gasteiger partial charge in [-0.3, -0.25) is 4.79 Å². The zero-order valence-electron chi connectivity index (χ0n) is 17.4. The fourth-order valence-corrected chi connectivity index (χ4v) is 4.13. The molecular formula is C21H31N3O6. The predicted molar refractivity (Wildman–Crippen MR) is 110 cm³/mol. The Balaban J connectivity index is 1.29. The molecule has 3 aliphatic rings. The zero-order chi connectivity index (χ0) is 20.9. The molecule has 1 aromatic carbocycles. The van der Waals surface area contributed by atoms with Crippen molar-refractivity contribution >= 4 is 11.6 Å². The van der Waals surface area contributed by atoms with Gasteiger partial charge in [0, 0.05) is 50.8 Å². The summed E-state index contributed by atoms with van der Waals surface area (Å²) in [6.45, 7) is 4.93. The van der Waals surface area contributed by atoms with Gasteiger partial charge in [0.05, 0.1) is 24.9 Å². The number of anilines is 1. The number of nitrogens with one attached hydrogen (secondary N) is 2. The molecule has 3 N–H and O–H groups in total. The van der Waals surface area contributed by atoms with E-state index in [1.165, 1.54) is 0 Å². The van der Waals surface area contributed by atoms with Crippen LogP contribution in [0.25, 0.3) is 0 Å². The van der Waals surface area contributed by atoms with Gasteiger partial charge >= 0.3 is 0 Å². The van der Waals surface area contributed by atoms with E-state index < -0.39 is 6.10 Å². The first-order valence-corrected chi connectivity index (χ1v) is 10.7. The number of β-amino-alcohol motifs (C(OH)–C–C–N with tert-alkyl or cyclic N) is 1. The number of likely N-dealkylation sites (tertiary alicyclic amines) is 1. The first kappa shape index (κ1) is 21.2. The highest BCUT2D eigenvalue weighted by molar-refractivity contribution is 5.99. The van der Waals surface area contributed by atoms with Crippen LogP contribution in [0.5, 0.6) is 11.5 Å². The summed E-state index contributed by atoms with van der Waals surface area (Å²) in [5, 5.41) is 16.6. The highest BCUT2D eigenvalue weighted by Crippen LogP contribution is 2.37. The molecule has 0 saturated carbocycles. The largest absolute Gasteiger partial charge is 0.486 e. The number of ether oxygens (including phenoxy) is 4. The maximum atomic E-state index is 12.9. The van der Waals surface area contributed by atoms with E-state index in [-0.39, 0.29) is 18.1 Å². The van der Waals surface area contributed by atoms with Crippen LogP contribution in [0.1, 0.15) is 23.2 Å². The maximum absolute atomic E-state index is 12.9. The second-order valence-corrected chi connectivity index (χ2v) is 7.88. The van der Waals surface area contributed by atoms with Crippen LogP contribution in [0.15, 0.2) is 12.1 Å². The van der Waals surface area contributed by atoms with Crippen molar-refractivity contribution < 1.29 is 28.8 Å². The van der Waals surface area contributed by atoms with Gasteiger partial charge in [0.25, 0.3) is 5.91 Å². The van der Waals surface area contributed by atoms with Gasteiger partial charge in [-0.1, -0.05) is 0 Å². The van der Waals surface area contributed by atoms with Gasteiger partial charge in [-0.05, 0) is 19.0 Å². The van der Waals surface area contributed by atoms with E-state index in [4.69, 9.17) is 18.9 Å². The summed E-state index contributed by atoms with van der Waals surface area (Å²) in [6.07, 6.45) is 1.02. The van der Waals surface area contributed by atoms with Crippen molar-refractivity contribution in [3.05, 3.63) is 17.7 Å². The lowest BCUT2D eigenvalue weighted by Gasteiger charge is -2.36. The summed E-state index contributed by atoms with van der Waals surface area (Å²) < 4.78 is 22.3. The molecule has 0 aliphatic carbocycles. The molecule has 2 atom stereocenters. The average Bonchev–Trinajstić information content (AvgIpc) is 3.29. The number of piperidine rings is 1. The summed E-state index contributed by atoms with van der Waals surface area (Å²) in [6, 6.07) is 3.58. The Kier molecular flexibility index (Phi) is 6.93. The molecule has 0 unspecified atom stereocenters. The number of aliphatic hydroxyl groups excluding tert-OH is 1. The Bertz CT molecular complexity index is 740. The number of rotatable bonds is 7. The number of aliphatic hydroxyl groups is 1. The monoisotopic (exact) mass is 421 g/mol. The van der Waals surface area contributed by atoms with Gasteiger partial charge in [-0.25, -0.2) is 0 Å². The van der Waals surface area contributed by atoms with Crippen LogP contribution in [0, 0.1) is 5.92 Å². The Labute approximate surface area is 176 Å². The van der Waals surface area contributed by atoms with Gasteiger partial charge in [-0.2, -0.15) is 0 Å². The van der Waals surface area contributed by atoms with E-state index in [0.29, 0.717) is 56.6 Å². The molecule has 9 nitrogen and oxygen atoms in total. The number of carbonyl (C=O) groups excluding carboxylic acids is 1. The summed E-state index contributed by atoms with van der Waals surface area (Å²) in [5.41, 5.74) is 1.23. The topological polar surface area (TPSA) is 102 Å². The summed E-state index contributed by atoms with van der Waals surface area (Å²) >= 11 is 0. The zero-order valence-corrected chi connectivity index (χ0v) is 17.4. The summed E-state index contributed by atoms with van der Waals surface area (Å²) in [7, 11) is 1.79. The molecule has 0 bridgehead atoms. The van der Waals surface area contributed by atoms with Crippen molar-refractivity contribution in [2.24, 2.45) is 5.92 Å². The number of carbonyl (C=O) groups is 1. The van der Waals surface area contributed by atoms with Crippen LogP contribution < -0.4 is 20.1 Å². The van der Waals surface area contributed by atoms with Crippen molar-refractivity contribution in [2.75, 3.05) is 65.0 Å². The molecule has 30 heavy (non-hydrogen) atoms. The third-order valence-electron chi connectivity index (χ3n) is 5.88. The molecule has 1 amide bonds. The highest BCUT2D eigenvalue weighted by Gasteiger charge is 2.29. The smallest absolute Gasteiger partial charge is 0.255 e. The first-order valence-electron chi connectivity index (χ1n) is 10.7. The second-order valence-electron chi connectivity index (χ2n) is 7.88. The van der Waals surface area contributed by atoms with Crippen molar-refractivity contribution in [2.45, 2.75) is 25.2 Å². The molecule has 2 saturated heterocycles. The fraction of sp³-hybridized carbons (Fsp3) is 0.667. The molecule has 0 spiro atoms. The van der Waals surface area contributed by atoms with Crippen LogP contribution in [-0.2, 0) is 9.47 Å². The van der Waals surface area contributed by atoms with Crippen molar-refractivity contribution in [1.29, 1.82) is 0 Å². The maximum Gasteiger partial charge on any atom is 0.255 e. The van der Waals surface area contributed by atoms with E-state index in [1.807, 2.05) is 6.07 Å². The van der Waals surface area contributed by atoms with Crippen LogP contribution in [0.4, 0.5) is 5.69 Å². The number of amides is 1. The Morgan fingerprint density at radius 3 is 2.77 bits per heavy atom. The highest BCUT2D eigenvalue weighted by atomic mass is 16.7. The summed E-state index contributed by atoms with van der Waals surface area (Å²) in [5.74, 6) is 0.843. The average molecular weight is 421 g/mol. The van der Waals surface area contributed by atoms with E-state index in [9.17, 15) is 9.90 Å². The van der Waals surface area contributed by atoms with Crippen molar-refractivity contribution in [1.82, 2.24) is 10.2 Å². The number of benzene rings is 1. The minimum absolute atomic E-state index is 0.0182. The number of hydrogen-bond acceptors (Lipinski definition) is 8. The van der Waals surface area contributed by atoms with Gasteiger partial charge < -0.3 is 39.6 Å². The first-order chi connectivity index (χ1) is 14.6. The third kappa shape index (κ3) is 4.97. The predicted octanol–water partition coefficient (Wildman–Crippen LogP) is 0.675. The number of fused-ring (bicyclic) bond motifs is 1. The van der Waals surface area contributed by atoms with Gasteiger partial charge in [0.1, 0.15) is 13.2 Å². The van der Waals surface area contributed by atoms with Gasteiger partial charge in [0.2, 0.25) is 0 Å². The van der Waals surface area contributed by atoms with Crippen LogP contribution in [-0.4, -0.2) is 88.0 Å². The Morgan fingerprint density at radius 2 is 2.00 bits per heavy atom. The Hall–Kier alpha value is -2.07. The van der Waals surface area contributed by atoms with E-state index in [1.54, 1.807) is 13.1 Å². The number of hydrogen-bond donors (Lipinski definition) is 3. The van der Waals surface area contributed by atoms with Crippen LogP contribution in [0.2, 0.25) is 0 Å². The summed E-state index contributed by atoms with van der Waals surface area (Å²) in [4.78, 5) is 15.1. The second kappa shape index (κ2) is 9.82. The standard InChI is InChI=1S/C21H31N3O6/c1-22-15-10-16(20-18(11-15)27-6-9-30-20)21(26)23-12-14-2-4-24(13-17(14)25)5-3-19-28-7-8-29-19/h10-11,14,17,19,22,25H,2-9,12-13H2,1H3,(H,23,26)/t14-,17+/m0/s1. The molecule has 4 rings (SSSR count). The van der Waals surface area contributed by atoms with E-state index >= 15 is 0 Å². The fourth-order valence-electron chi connectivity index (χ4n) is 4.13. The van der Waals surface area contributed by atoms with Crippen molar-refractivity contribution in [3.8, 4) is 11.5 Å². The molecule has 2 fully saturated rings. The minimum Gasteiger partial charge on any atom is -0.486 e. The molecule has 9 heteroatoms.